The van der Waals surface area contributed by atoms with Gasteiger partial charge >= 0.3 is 0 Å². The zero-order chi connectivity index (χ0) is 16.3. The van der Waals surface area contributed by atoms with Crippen LogP contribution in [0.1, 0.15) is 30.5 Å². The fraction of sp³-hybridized carbons (Fsp3) is 0.562. The van der Waals surface area contributed by atoms with Crippen LogP contribution in [0.3, 0.4) is 0 Å². The third-order valence-corrected chi connectivity index (χ3v) is 4.27. The van der Waals surface area contributed by atoms with Gasteiger partial charge in [-0.2, -0.15) is 5.10 Å². The molecule has 2 N–H and O–H groups in total. The predicted octanol–water partition coefficient (Wildman–Crippen LogP) is 2.84. The van der Waals surface area contributed by atoms with Crippen LogP contribution in [0.5, 0.6) is 0 Å². The van der Waals surface area contributed by atoms with Crippen molar-refractivity contribution in [2.45, 2.75) is 39.7 Å². The number of halogens is 1. The molecule has 0 aliphatic carbocycles. The Balaban J connectivity index is 0.00000288. The van der Waals surface area contributed by atoms with Crippen LogP contribution >= 0.6 is 35.3 Å². The van der Waals surface area contributed by atoms with E-state index in [9.17, 15) is 0 Å². The lowest BCUT2D eigenvalue weighted by atomic mass is 10.3. The normalized spacial score (nSPS) is 11.2. The molecular formula is C16H27IN6S. The largest absolute Gasteiger partial charge is 0.357 e. The number of guanidine groups is 1. The van der Waals surface area contributed by atoms with Gasteiger partial charge in [-0.1, -0.05) is 0 Å². The van der Waals surface area contributed by atoms with Gasteiger partial charge in [0.15, 0.2) is 5.96 Å². The summed E-state index contributed by atoms with van der Waals surface area (Å²) in [5.41, 5.74) is 1.12. The highest BCUT2D eigenvalue weighted by molar-refractivity contribution is 14.0. The van der Waals surface area contributed by atoms with E-state index in [0.717, 1.165) is 57.1 Å². The average molecular weight is 462 g/mol. The van der Waals surface area contributed by atoms with Gasteiger partial charge in [0.05, 0.1) is 5.01 Å². The summed E-state index contributed by atoms with van der Waals surface area (Å²) < 4.78 is 1.94. The molecule has 8 heteroatoms. The lowest BCUT2D eigenvalue weighted by molar-refractivity contribution is 0.583. The number of thiazole rings is 1. The quantitative estimate of drug-likeness (QED) is 0.260. The molecule has 0 aromatic carbocycles. The summed E-state index contributed by atoms with van der Waals surface area (Å²) in [5, 5.41) is 14.2. The van der Waals surface area contributed by atoms with Gasteiger partial charge in [0.2, 0.25) is 0 Å². The summed E-state index contributed by atoms with van der Waals surface area (Å²) in [6.07, 6.45) is 6.85. The molecule has 0 aliphatic heterocycles. The van der Waals surface area contributed by atoms with Gasteiger partial charge in [-0.15, -0.1) is 35.3 Å². The van der Waals surface area contributed by atoms with Crippen LogP contribution in [-0.4, -0.2) is 40.4 Å². The van der Waals surface area contributed by atoms with Gasteiger partial charge in [-0.05, 0) is 32.8 Å². The molecular weight excluding hydrogens is 435 g/mol. The molecule has 0 saturated heterocycles. The second kappa shape index (κ2) is 12.2. The number of hydrogen-bond acceptors (Lipinski definition) is 4. The zero-order valence-electron chi connectivity index (χ0n) is 14.4. The monoisotopic (exact) mass is 462 g/mol. The standard InChI is InChI=1S/C16H26N6S.HI/c1-3-17-16(19-9-5-11-22-12-6-10-20-22)18-8-4-7-15-21-14(2)13-23-15;/h6,10,12-13H,3-5,7-9,11H2,1-2H3,(H2,17,18,19);1H. The van der Waals surface area contributed by atoms with Crippen molar-refractivity contribution in [3.8, 4) is 0 Å². The lowest BCUT2D eigenvalue weighted by Gasteiger charge is -2.10. The van der Waals surface area contributed by atoms with Crippen molar-refractivity contribution in [1.29, 1.82) is 0 Å². The molecule has 0 fully saturated rings. The van der Waals surface area contributed by atoms with Crippen LogP contribution < -0.4 is 10.6 Å². The highest BCUT2D eigenvalue weighted by atomic mass is 127. The molecule has 0 saturated carbocycles. The van der Waals surface area contributed by atoms with Crippen molar-refractivity contribution in [2.75, 3.05) is 19.6 Å². The van der Waals surface area contributed by atoms with E-state index >= 15 is 0 Å². The van der Waals surface area contributed by atoms with E-state index in [4.69, 9.17) is 0 Å². The molecule has 0 unspecified atom stereocenters. The first-order valence-electron chi connectivity index (χ1n) is 8.18. The third-order valence-electron chi connectivity index (χ3n) is 3.25. The molecule has 0 atom stereocenters. The van der Waals surface area contributed by atoms with Gasteiger partial charge < -0.3 is 10.6 Å². The SMILES string of the molecule is CCNC(=NCCCn1cccn1)NCCCc1nc(C)cs1.I. The average Bonchev–Trinajstić information content (AvgIpc) is 3.19. The molecule has 134 valence electrons. The smallest absolute Gasteiger partial charge is 0.191 e. The van der Waals surface area contributed by atoms with E-state index in [2.05, 4.69) is 38.0 Å². The molecule has 0 amide bonds. The van der Waals surface area contributed by atoms with E-state index in [1.807, 2.05) is 23.9 Å². The number of aliphatic imine (C=N–C) groups is 1. The Hall–Kier alpha value is -1.16. The molecule has 6 nitrogen and oxygen atoms in total. The van der Waals surface area contributed by atoms with Gasteiger partial charge in [-0.25, -0.2) is 4.98 Å². The van der Waals surface area contributed by atoms with Crippen LogP contribution in [0.2, 0.25) is 0 Å². The van der Waals surface area contributed by atoms with Crippen LogP contribution in [0.25, 0.3) is 0 Å². The second-order valence-electron chi connectivity index (χ2n) is 5.30. The van der Waals surface area contributed by atoms with Crippen molar-refractivity contribution in [3.05, 3.63) is 34.5 Å². The molecule has 2 rings (SSSR count). The minimum atomic E-state index is 0. The first-order chi connectivity index (χ1) is 11.3. The number of rotatable bonds is 9. The summed E-state index contributed by atoms with van der Waals surface area (Å²) in [6.45, 7) is 7.59. The Morgan fingerprint density at radius 3 is 2.88 bits per heavy atom. The Morgan fingerprint density at radius 1 is 1.33 bits per heavy atom. The van der Waals surface area contributed by atoms with Crippen molar-refractivity contribution >= 4 is 41.3 Å². The predicted molar refractivity (Wildman–Crippen MR) is 111 cm³/mol. The number of hydrogen-bond donors (Lipinski definition) is 2. The lowest BCUT2D eigenvalue weighted by Crippen LogP contribution is -2.38. The Morgan fingerprint density at radius 2 is 2.21 bits per heavy atom. The highest BCUT2D eigenvalue weighted by Gasteiger charge is 2.00. The fourth-order valence-corrected chi connectivity index (χ4v) is 2.98. The van der Waals surface area contributed by atoms with Crippen molar-refractivity contribution < 1.29 is 0 Å². The molecule has 0 spiro atoms. The topological polar surface area (TPSA) is 67.1 Å². The Bertz CT molecular complexity index is 581. The minimum absolute atomic E-state index is 0. The summed E-state index contributed by atoms with van der Waals surface area (Å²) >= 11 is 1.74. The molecule has 24 heavy (non-hydrogen) atoms. The van der Waals surface area contributed by atoms with E-state index in [1.165, 1.54) is 5.01 Å². The maximum absolute atomic E-state index is 4.60. The maximum atomic E-state index is 4.60. The first-order valence-corrected chi connectivity index (χ1v) is 9.06. The molecule has 2 aromatic rings. The van der Waals surface area contributed by atoms with Crippen LogP contribution in [0.4, 0.5) is 0 Å². The fourth-order valence-electron chi connectivity index (χ4n) is 2.16. The van der Waals surface area contributed by atoms with E-state index in [-0.39, 0.29) is 24.0 Å². The summed E-state index contributed by atoms with van der Waals surface area (Å²) in [7, 11) is 0. The first kappa shape index (κ1) is 20.9. The third kappa shape index (κ3) is 8.09. The number of aromatic nitrogens is 3. The summed E-state index contributed by atoms with van der Waals surface area (Å²) in [4.78, 5) is 9.09. The second-order valence-corrected chi connectivity index (χ2v) is 6.24. The molecule has 2 heterocycles. The van der Waals surface area contributed by atoms with E-state index in [1.54, 1.807) is 17.5 Å². The highest BCUT2D eigenvalue weighted by Crippen LogP contribution is 2.10. The molecule has 0 bridgehead atoms. The van der Waals surface area contributed by atoms with Crippen molar-refractivity contribution in [3.63, 3.8) is 0 Å². The Kier molecular flexibility index (Phi) is 10.6. The van der Waals surface area contributed by atoms with E-state index in [0.29, 0.717) is 0 Å². The van der Waals surface area contributed by atoms with Crippen LogP contribution in [0.15, 0.2) is 28.8 Å². The summed E-state index contributed by atoms with van der Waals surface area (Å²) in [5.74, 6) is 0.892. The molecule has 0 radical (unpaired) electrons. The van der Waals surface area contributed by atoms with Gasteiger partial charge in [0.25, 0.3) is 0 Å². The number of aryl methyl sites for hydroxylation is 3. The van der Waals surface area contributed by atoms with Gasteiger partial charge in [0.1, 0.15) is 0 Å². The van der Waals surface area contributed by atoms with Gasteiger partial charge in [-0.3, -0.25) is 9.67 Å². The molecule has 2 aromatic heterocycles. The van der Waals surface area contributed by atoms with Crippen LogP contribution in [0, 0.1) is 6.92 Å². The van der Waals surface area contributed by atoms with Crippen molar-refractivity contribution in [1.82, 2.24) is 25.4 Å². The maximum Gasteiger partial charge on any atom is 0.191 e. The van der Waals surface area contributed by atoms with Gasteiger partial charge in [0, 0.05) is 56.1 Å². The summed E-state index contributed by atoms with van der Waals surface area (Å²) in [6, 6.07) is 1.94. The zero-order valence-corrected chi connectivity index (χ0v) is 17.5. The molecule has 0 aliphatic rings. The minimum Gasteiger partial charge on any atom is -0.357 e. The van der Waals surface area contributed by atoms with E-state index < -0.39 is 0 Å². The number of nitrogens with one attached hydrogen (secondary N) is 2. The van der Waals surface area contributed by atoms with Crippen molar-refractivity contribution in [2.24, 2.45) is 4.99 Å². The van der Waals surface area contributed by atoms with Crippen LogP contribution in [-0.2, 0) is 13.0 Å². The Labute approximate surface area is 165 Å². The number of nitrogens with zero attached hydrogens (tertiary/aromatic N) is 4.